The lowest BCUT2D eigenvalue weighted by atomic mass is 9.94. The fourth-order valence-corrected chi connectivity index (χ4v) is 2.87. The van der Waals surface area contributed by atoms with E-state index in [1.54, 1.807) is 13.4 Å². The zero-order valence-corrected chi connectivity index (χ0v) is 12.3. The molecule has 1 atom stereocenters. The molecule has 1 saturated heterocycles. The maximum Gasteiger partial charge on any atom is 0.212 e. The monoisotopic (exact) mass is 284 g/mol. The van der Waals surface area contributed by atoms with E-state index >= 15 is 0 Å². The zero-order chi connectivity index (χ0) is 14.5. The Morgan fingerprint density at radius 3 is 2.95 bits per heavy atom. The first kappa shape index (κ1) is 13.9. The van der Waals surface area contributed by atoms with Crippen LogP contribution in [0.25, 0.3) is 0 Å². The van der Waals surface area contributed by atoms with Crippen LogP contribution in [0.15, 0.2) is 36.9 Å². The summed E-state index contributed by atoms with van der Waals surface area (Å²) in [5.74, 6) is 1.17. The number of methoxy groups -OCH3 is 1. The number of ether oxygens (including phenoxy) is 1. The lowest BCUT2D eigenvalue weighted by Gasteiger charge is -2.32. The van der Waals surface area contributed by atoms with Gasteiger partial charge in [-0.15, -0.1) is 0 Å². The first-order chi connectivity index (χ1) is 10.3. The highest BCUT2D eigenvalue weighted by Crippen LogP contribution is 2.26. The van der Waals surface area contributed by atoms with Gasteiger partial charge in [0.2, 0.25) is 5.88 Å². The third-order valence-electron chi connectivity index (χ3n) is 3.94. The van der Waals surface area contributed by atoms with Gasteiger partial charge < -0.3 is 4.74 Å². The third-order valence-corrected chi connectivity index (χ3v) is 3.94. The van der Waals surface area contributed by atoms with Gasteiger partial charge in [0.25, 0.3) is 0 Å². The maximum atomic E-state index is 5.10. The van der Waals surface area contributed by atoms with Crippen LogP contribution in [0.1, 0.15) is 30.0 Å². The summed E-state index contributed by atoms with van der Waals surface area (Å²) in [5.41, 5.74) is 2.38. The molecule has 0 saturated carbocycles. The maximum absolute atomic E-state index is 5.10. The van der Waals surface area contributed by atoms with Gasteiger partial charge in [0.1, 0.15) is 6.33 Å². The average Bonchev–Trinajstić information content (AvgIpc) is 2.57. The molecule has 0 spiro atoms. The fraction of sp³-hybridized carbons (Fsp3) is 0.438. The highest BCUT2D eigenvalue weighted by atomic mass is 16.5. The molecule has 0 aliphatic carbocycles. The van der Waals surface area contributed by atoms with Gasteiger partial charge in [0.05, 0.1) is 7.11 Å². The summed E-state index contributed by atoms with van der Waals surface area (Å²) in [7, 11) is 1.64. The Bertz CT molecular complexity index is 558. The summed E-state index contributed by atoms with van der Waals surface area (Å²) in [6.45, 7) is 3.11. The molecule has 0 radical (unpaired) electrons. The van der Waals surface area contributed by atoms with Gasteiger partial charge in [0.15, 0.2) is 0 Å². The molecule has 0 bridgehead atoms. The zero-order valence-electron chi connectivity index (χ0n) is 12.3. The Morgan fingerprint density at radius 1 is 1.29 bits per heavy atom. The summed E-state index contributed by atoms with van der Waals surface area (Å²) in [6.07, 6.45) is 7.77. The van der Waals surface area contributed by atoms with Gasteiger partial charge in [-0.3, -0.25) is 4.90 Å². The van der Waals surface area contributed by atoms with Crippen LogP contribution >= 0.6 is 0 Å². The predicted molar refractivity (Wildman–Crippen MR) is 80.1 cm³/mol. The first-order valence-corrected chi connectivity index (χ1v) is 7.32. The molecule has 3 heterocycles. The van der Waals surface area contributed by atoms with Crippen molar-refractivity contribution in [3.63, 3.8) is 0 Å². The van der Waals surface area contributed by atoms with E-state index in [2.05, 4.69) is 25.9 Å². The number of hydrogen-bond donors (Lipinski definition) is 0. The second-order valence-corrected chi connectivity index (χ2v) is 5.42. The van der Waals surface area contributed by atoms with Crippen molar-refractivity contribution in [1.29, 1.82) is 0 Å². The van der Waals surface area contributed by atoms with E-state index in [-0.39, 0.29) is 0 Å². The molecular weight excluding hydrogens is 264 g/mol. The van der Waals surface area contributed by atoms with Crippen molar-refractivity contribution < 1.29 is 4.74 Å². The molecule has 5 nitrogen and oxygen atoms in total. The van der Waals surface area contributed by atoms with Crippen molar-refractivity contribution in [2.75, 3.05) is 20.2 Å². The van der Waals surface area contributed by atoms with Gasteiger partial charge in [-0.1, -0.05) is 6.07 Å². The number of piperidine rings is 1. The number of rotatable bonds is 4. The molecule has 2 aromatic heterocycles. The molecule has 0 aromatic carbocycles. The lowest BCUT2D eigenvalue weighted by Crippen LogP contribution is -2.34. The summed E-state index contributed by atoms with van der Waals surface area (Å²) in [5, 5.41) is 0. The van der Waals surface area contributed by atoms with E-state index in [0.717, 1.165) is 25.3 Å². The Balaban J connectivity index is 1.63. The van der Waals surface area contributed by atoms with Crippen LogP contribution in [-0.2, 0) is 6.54 Å². The van der Waals surface area contributed by atoms with Crippen LogP contribution in [0.2, 0.25) is 0 Å². The topological polar surface area (TPSA) is 51.1 Å². The predicted octanol–water partition coefficient (Wildman–Crippen LogP) is 2.26. The van der Waals surface area contributed by atoms with Crippen molar-refractivity contribution >= 4 is 0 Å². The Morgan fingerprint density at radius 2 is 2.24 bits per heavy atom. The second kappa shape index (κ2) is 6.63. The van der Waals surface area contributed by atoms with Crippen molar-refractivity contribution in [3.8, 4) is 5.88 Å². The molecule has 5 heteroatoms. The Kier molecular flexibility index (Phi) is 4.40. The fourth-order valence-electron chi connectivity index (χ4n) is 2.87. The normalized spacial score (nSPS) is 19.4. The van der Waals surface area contributed by atoms with E-state index in [1.165, 1.54) is 18.4 Å². The van der Waals surface area contributed by atoms with Crippen molar-refractivity contribution in [1.82, 2.24) is 19.9 Å². The van der Waals surface area contributed by atoms with Crippen LogP contribution in [0, 0.1) is 0 Å². The molecule has 1 aliphatic rings. The Hall–Kier alpha value is -2.01. The quantitative estimate of drug-likeness (QED) is 0.862. The minimum atomic E-state index is 0.507. The van der Waals surface area contributed by atoms with Crippen LogP contribution in [0.4, 0.5) is 0 Å². The smallest absolute Gasteiger partial charge is 0.212 e. The number of pyridine rings is 1. The highest BCUT2D eigenvalue weighted by Gasteiger charge is 2.22. The van der Waals surface area contributed by atoms with Crippen LogP contribution in [0.3, 0.4) is 0 Å². The van der Waals surface area contributed by atoms with Gasteiger partial charge in [-0.2, -0.15) is 0 Å². The molecule has 0 amide bonds. The number of hydrogen-bond acceptors (Lipinski definition) is 5. The standard InChI is InChI=1S/C16H20N4O/c1-21-16-5-4-13(9-18-16)10-20-8-2-3-14(11-20)15-6-7-17-12-19-15/h4-7,9,12,14H,2-3,8,10-11H2,1H3/t14-/m1/s1. The molecular formula is C16H20N4O. The molecule has 0 N–H and O–H groups in total. The summed E-state index contributed by atoms with van der Waals surface area (Å²) in [4.78, 5) is 15.1. The van der Waals surface area contributed by atoms with Gasteiger partial charge >= 0.3 is 0 Å². The molecule has 21 heavy (non-hydrogen) atoms. The second-order valence-electron chi connectivity index (χ2n) is 5.42. The summed E-state index contributed by atoms with van der Waals surface area (Å²) >= 11 is 0. The minimum Gasteiger partial charge on any atom is -0.481 e. The van der Waals surface area contributed by atoms with Crippen LogP contribution in [0.5, 0.6) is 5.88 Å². The van der Waals surface area contributed by atoms with Crippen molar-refractivity contribution in [2.45, 2.75) is 25.3 Å². The van der Waals surface area contributed by atoms with Crippen molar-refractivity contribution in [3.05, 3.63) is 48.2 Å². The van der Waals surface area contributed by atoms with Crippen LogP contribution in [-0.4, -0.2) is 40.1 Å². The number of aromatic nitrogens is 3. The lowest BCUT2D eigenvalue weighted by molar-refractivity contribution is 0.198. The van der Waals surface area contributed by atoms with Gasteiger partial charge in [-0.25, -0.2) is 15.0 Å². The summed E-state index contributed by atoms with van der Waals surface area (Å²) in [6, 6.07) is 6.03. The highest BCUT2D eigenvalue weighted by molar-refractivity contribution is 5.18. The van der Waals surface area contributed by atoms with E-state index in [4.69, 9.17) is 4.74 Å². The Labute approximate surface area is 125 Å². The summed E-state index contributed by atoms with van der Waals surface area (Å²) < 4.78 is 5.10. The van der Waals surface area contributed by atoms with Gasteiger partial charge in [-0.05, 0) is 31.0 Å². The van der Waals surface area contributed by atoms with Gasteiger partial charge in [0, 0.05) is 43.2 Å². The largest absolute Gasteiger partial charge is 0.481 e. The van der Waals surface area contributed by atoms with E-state index in [1.807, 2.05) is 24.5 Å². The van der Waals surface area contributed by atoms with Crippen LogP contribution < -0.4 is 4.74 Å². The molecule has 0 unspecified atom stereocenters. The third kappa shape index (κ3) is 3.55. The number of likely N-dealkylation sites (tertiary alicyclic amines) is 1. The average molecular weight is 284 g/mol. The molecule has 3 rings (SSSR count). The number of nitrogens with zero attached hydrogens (tertiary/aromatic N) is 4. The molecule has 1 fully saturated rings. The van der Waals surface area contributed by atoms with E-state index < -0.39 is 0 Å². The molecule has 1 aliphatic heterocycles. The first-order valence-electron chi connectivity index (χ1n) is 7.32. The van der Waals surface area contributed by atoms with Crippen molar-refractivity contribution in [2.24, 2.45) is 0 Å². The minimum absolute atomic E-state index is 0.507. The SMILES string of the molecule is COc1ccc(CN2CCC[C@@H](c3ccncn3)C2)cn1. The molecule has 2 aromatic rings. The van der Waals surface area contributed by atoms with E-state index in [0.29, 0.717) is 11.8 Å². The molecule has 110 valence electrons. The van der Waals surface area contributed by atoms with E-state index in [9.17, 15) is 0 Å².